The standard InChI is InChI=1S/C13H15N7O/c1-9-6-11(17-8-16-9)20-12(15)10(7-14)13(18-20)19-2-4-21-5-3-19/h6,8H,2-5,15H2,1H3. The number of hydrogen-bond donors (Lipinski definition) is 1. The summed E-state index contributed by atoms with van der Waals surface area (Å²) in [7, 11) is 0. The number of rotatable bonds is 2. The van der Waals surface area contributed by atoms with Gasteiger partial charge in [-0.05, 0) is 6.92 Å². The molecule has 8 nitrogen and oxygen atoms in total. The third kappa shape index (κ3) is 2.39. The third-order valence-corrected chi connectivity index (χ3v) is 3.33. The van der Waals surface area contributed by atoms with Crippen LogP contribution in [0.15, 0.2) is 12.4 Å². The molecule has 108 valence electrons. The van der Waals surface area contributed by atoms with Crippen molar-refractivity contribution in [1.82, 2.24) is 19.7 Å². The summed E-state index contributed by atoms with van der Waals surface area (Å²) in [5, 5.41) is 13.8. The summed E-state index contributed by atoms with van der Waals surface area (Å²) in [5.74, 6) is 1.42. The number of hydrogen-bond acceptors (Lipinski definition) is 7. The maximum Gasteiger partial charge on any atom is 0.171 e. The van der Waals surface area contributed by atoms with Gasteiger partial charge in [0.15, 0.2) is 11.6 Å². The van der Waals surface area contributed by atoms with E-state index in [2.05, 4.69) is 21.1 Å². The summed E-state index contributed by atoms with van der Waals surface area (Å²) in [6, 6.07) is 3.90. The number of nitrogen functional groups attached to an aromatic ring is 1. The lowest BCUT2D eigenvalue weighted by molar-refractivity contribution is 0.122. The summed E-state index contributed by atoms with van der Waals surface area (Å²) in [6.07, 6.45) is 1.45. The Kier molecular flexibility index (Phi) is 3.41. The van der Waals surface area contributed by atoms with Crippen molar-refractivity contribution in [2.75, 3.05) is 36.9 Å². The molecule has 2 aromatic heterocycles. The van der Waals surface area contributed by atoms with Gasteiger partial charge >= 0.3 is 0 Å². The van der Waals surface area contributed by atoms with Gasteiger partial charge in [0.25, 0.3) is 0 Å². The lowest BCUT2D eigenvalue weighted by Crippen LogP contribution is -2.37. The molecule has 0 spiro atoms. The molecule has 1 aliphatic rings. The van der Waals surface area contributed by atoms with Crippen LogP contribution in [0.5, 0.6) is 0 Å². The van der Waals surface area contributed by atoms with Crippen LogP contribution in [0.4, 0.5) is 11.6 Å². The molecule has 0 atom stereocenters. The quantitative estimate of drug-likeness (QED) is 0.843. The molecule has 1 aliphatic heterocycles. The Morgan fingerprint density at radius 2 is 2.10 bits per heavy atom. The van der Waals surface area contributed by atoms with Gasteiger partial charge in [-0.25, -0.2) is 9.97 Å². The number of nitrogens with zero attached hydrogens (tertiary/aromatic N) is 6. The highest BCUT2D eigenvalue weighted by molar-refractivity contribution is 5.66. The maximum atomic E-state index is 9.37. The minimum Gasteiger partial charge on any atom is -0.382 e. The Bertz CT molecular complexity index is 697. The Morgan fingerprint density at radius 3 is 2.76 bits per heavy atom. The van der Waals surface area contributed by atoms with E-state index < -0.39 is 0 Å². The van der Waals surface area contributed by atoms with E-state index in [1.807, 2.05) is 11.8 Å². The Labute approximate surface area is 121 Å². The van der Waals surface area contributed by atoms with Gasteiger partial charge in [0.05, 0.1) is 13.2 Å². The molecule has 0 aliphatic carbocycles. The van der Waals surface area contributed by atoms with Crippen LogP contribution < -0.4 is 10.6 Å². The SMILES string of the molecule is Cc1cc(-n2nc(N3CCOCC3)c(C#N)c2N)ncn1. The van der Waals surface area contributed by atoms with Gasteiger partial charge in [0, 0.05) is 24.8 Å². The van der Waals surface area contributed by atoms with Crippen LogP contribution in [0.3, 0.4) is 0 Å². The number of nitriles is 1. The second kappa shape index (κ2) is 5.38. The Hall–Kier alpha value is -2.66. The first-order valence-electron chi connectivity index (χ1n) is 6.61. The Balaban J connectivity index is 2.07. The van der Waals surface area contributed by atoms with Crippen LogP contribution in [0.1, 0.15) is 11.3 Å². The molecule has 3 heterocycles. The first-order chi connectivity index (χ1) is 10.2. The molecule has 3 rings (SSSR count). The second-order valence-corrected chi connectivity index (χ2v) is 4.72. The van der Waals surface area contributed by atoms with E-state index in [9.17, 15) is 5.26 Å². The number of morpholine rings is 1. The molecule has 1 fully saturated rings. The van der Waals surface area contributed by atoms with Crippen molar-refractivity contribution in [2.45, 2.75) is 6.92 Å². The van der Waals surface area contributed by atoms with Crippen molar-refractivity contribution in [3.8, 4) is 11.9 Å². The maximum absolute atomic E-state index is 9.37. The minimum atomic E-state index is 0.289. The zero-order valence-electron chi connectivity index (χ0n) is 11.7. The predicted molar refractivity (Wildman–Crippen MR) is 76.1 cm³/mol. The highest BCUT2D eigenvalue weighted by Crippen LogP contribution is 2.27. The summed E-state index contributed by atoms with van der Waals surface area (Å²) in [5.41, 5.74) is 7.24. The molecule has 1 saturated heterocycles. The molecule has 0 unspecified atom stereocenters. The molecule has 2 aromatic rings. The molecule has 0 saturated carbocycles. The van der Waals surface area contributed by atoms with Gasteiger partial charge in [-0.3, -0.25) is 0 Å². The first-order valence-corrected chi connectivity index (χ1v) is 6.61. The largest absolute Gasteiger partial charge is 0.382 e. The number of ether oxygens (including phenoxy) is 1. The molecule has 0 amide bonds. The van der Waals surface area contributed by atoms with E-state index in [0.717, 1.165) is 5.69 Å². The van der Waals surface area contributed by atoms with Gasteiger partial charge in [-0.1, -0.05) is 0 Å². The Morgan fingerprint density at radius 1 is 1.33 bits per heavy atom. The number of aromatic nitrogens is 4. The van der Waals surface area contributed by atoms with E-state index >= 15 is 0 Å². The molecule has 0 radical (unpaired) electrons. The van der Waals surface area contributed by atoms with Gasteiger partial charge in [0.2, 0.25) is 0 Å². The molecular formula is C13H15N7O. The van der Waals surface area contributed by atoms with Crippen LogP contribution in [0.2, 0.25) is 0 Å². The van der Waals surface area contributed by atoms with Crippen molar-refractivity contribution < 1.29 is 4.74 Å². The summed E-state index contributed by atoms with van der Waals surface area (Å²) < 4.78 is 6.81. The zero-order valence-corrected chi connectivity index (χ0v) is 11.7. The fourth-order valence-electron chi connectivity index (χ4n) is 2.25. The van der Waals surface area contributed by atoms with Crippen molar-refractivity contribution in [3.05, 3.63) is 23.7 Å². The molecular weight excluding hydrogens is 270 g/mol. The van der Waals surface area contributed by atoms with Crippen molar-refractivity contribution in [2.24, 2.45) is 0 Å². The van der Waals surface area contributed by atoms with E-state index in [0.29, 0.717) is 43.5 Å². The van der Waals surface area contributed by atoms with Crippen LogP contribution >= 0.6 is 0 Å². The van der Waals surface area contributed by atoms with E-state index in [4.69, 9.17) is 10.5 Å². The molecule has 8 heteroatoms. The summed E-state index contributed by atoms with van der Waals surface area (Å²) >= 11 is 0. The summed E-state index contributed by atoms with van der Waals surface area (Å²) in [6.45, 7) is 4.47. The third-order valence-electron chi connectivity index (χ3n) is 3.33. The minimum absolute atomic E-state index is 0.289. The number of nitrogens with two attached hydrogens (primary N) is 1. The van der Waals surface area contributed by atoms with Crippen molar-refractivity contribution >= 4 is 11.6 Å². The fraction of sp³-hybridized carbons (Fsp3) is 0.385. The first kappa shape index (κ1) is 13.3. The molecule has 0 aromatic carbocycles. The van der Waals surface area contributed by atoms with Gasteiger partial charge < -0.3 is 15.4 Å². The highest BCUT2D eigenvalue weighted by Gasteiger charge is 2.23. The van der Waals surface area contributed by atoms with Crippen LogP contribution in [-0.4, -0.2) is 46.1 Å². The monoisotopic (exact) mass is 285 g/mol. The van der Waals surface area contributed by atoms with Crippen molar-refractivity contribution in [3.63, 3.8) is 0 Å². The lowest BCUT2D eigenvalue weighted by Gasteiger charge is -2.26. The van der Waals surface area contributed by atoms with Crippen LogP contribution in [0, 0.1) is 18.3 Å². The average Bonchev–Trinajstić information content (AvgIpc) is 2.85. The second-order valence-electron chi connectivity index (χ2n) is 4.72. The average molecular weight is 285 g/mol. The number of aryl methyl sites for hydroxylation is 1. The smallest absolute Gasteiger partial charge is 0.171 e. The van der Waals surface area contributed by atoms with Crippen LogP contribution in [0.25, 0.3) is 5.82 Å². The van der Waals surface area contributed by atoms with E-state index in [-0.39, 0.29) is 5.82 Å². The lowest BCUT2D eigenvalue weighted by atomic mass is 10.3. The van der Waals surface area contributed by atoms with Crippen molar-refractivity contribution in [1.29, 1.82) is 5.26 Å². The van der Waals surface area contributed by atoms with E-state index in [1.165, 1.54) is 11.0 Å². The fourth-order valence-corrected chi connectivity index (χ4v) is 2.25. The van der Waals surface area contributed by atoms with Gasteiger partial charge in [0.1, 0.15) is 23.8 Å². The molecule has 21 heavy (non-hydrogen) atoms. The number of anilines is 2. The van der Waals surface area contributed by atoms with Gasteiger partial charge in [-0.15, -0.1) is 5.10 Å². The topological polar surface area (TPSA) is 106 Å². The van der Waals surface area contributed by atoms with Gasteiger partial charge in [-0.2, -0.15) is 9.94 Å². The zero-order chi connectivity index (χ0) is 14.8. The van der Waals surface area contributed by atoms with E-state index in [1.54, 1.807) is 6.07 Å². The highest BCUT2D eigenvalue weighted by atomic mass is 16.5. The summed E-state index contributed by atoms with van der Waals surface area (Å²) in [4.78, 5) is 10.2. The molecule has 0 bridgehead atoms. The normalized spacial score (nSPS) is 15.0. The molecule has 2 N–H and O–H groups in total. The predicted octanol–water partition coefficient (Wildman–Crippen LogP) is 0.261. The van der Waals surface area contributed by atoms with Crippen LogP contribution in [-0.2, 0) is 4.74 Å².